The minimum atomic E-state index is -5.42. The summed E-state index contributed by atoms with van der Waals surface area (Å²) in [4.78, 5) is 32.8. The number of sulfone groups is 1. The molecular weight excluding hydrogens is 1600 g/mol. The highest BCUT2D eigenvalue weighted by Crippen LogP contribution is 2.49. The fraction of sp³-hybridized carbons (Fsp3) is 0.377. The van der Waals surface area contributed by atoms with Gasteiger partial charge >= 0.3 is 6.18 Å². The van der Waals surface area contributed by atoms with Crippen molar-refractivity contribution < 1.29 is 62.8 Å². The van der Waals surface area contributed by atoms with Crippen LogP contribution in [-0.2, 0) is 45.8 Å². The Hall–Kier alpha value is -8.44. The number of anilines is 13. The van der Waals surface area contributed by atoms with E-state index < -0.39 is 73.8 Å². The summed E-state index contributed by atoms with van der Waals surface area (Å²) in [6.45, 7) is 27.0. The third-order valence-corrected chi connectivity index (χ3v) is 29.5. The van der Waals surface area contributed by atoms with Gasteiger partial charge in [-0.3, -0.25) is 4.90 Å². The third-order valence-electron chi connectivity index (χ3n) is 19.2. The molecule has 3 aliphatic heterocycles. The number of aromatic nitrogens is 6. The lowest BCUT2D eigenvalue weighted by molar-refractivity contribution is -0.137. The van der Waals surface area contributed by atoms with Gasteiger partial charge in [0.2, 0.25) is 17.8 Å². The van der Waals surface area contributed by atoms with Crippen molar-refractivity contribution >= 4 is 155 Å². The van der Waals surface area contributed by atoms with E-state index in [0.29, 0.717) is 68.1 Å². The highest BCUT2D eigenvalue weighted by molar-refractivity contribution is 8.10. The monoisotopic (exact) mass is 1690 g/mol. The first-order valence-corrected chi connectivity index (χ1v) is 48.2. The molecule has 6 aromatic carbocycles. The third kappa shape index (κ3) is 21.2. The maximum absolute atomic E-state index is 13.8. The van der Waals surface area contributed by atoms with E-state index in [0.717, 1.165) is 55.4 Å². The number of hydrogen-bond acceptors (Lipinski definition) is 24. The zero-order valence-corrected chi connectivity index (χ0v) is 71.3. The number of ether oxygens (including phenoxy) is 3. The lowest BCUT2D eigenvalue weighted by atomic mass is 9.96. The lowest BCUT2D eigenvalue weighted by Gasteiger charge is -2.43. The number of piperidine rings is 1. The molecule has 2 saturated heterocycles. The highest BCUT2D eigenvalue weighted by atomic mass is 35.5. The molecule has 608 valence electrons. The summed E-state index contributed by atoms with van der Waals surface area (Å²) in [6, 6.07) is 34.2. The molecule has 0 spiro atoms. The van der Waals surface area contributed by atoms with E-state index >= 15 is 0 Å². The number of fused-ring (bicyclic) bond motifs is 1. The summed E-state index contributed by atoms with van der Waals surface area (Å²) in [5, 5.41) is 18.8. The molecule has 0 aliphatic carbocycles. The van der Waals surface area contributed by atoms with E-state index in [1.54, 1.807) is 115 Å². The predicted molar refractivity (Wildman–Crippen MR) is 452 cm³/mol. The Morgan fingerprint density at radius 2 is 1.05 bits per heavy atom. The van der Waals surface area contributed by atoms with Crippen LogP contribution in [0.3, 0.4) is 0 Å². The second-order valence-corrected chi connectivity index (χ2v) is 46.0. The smallest absolute Gasteiger partial charge is 0.421 e. The molecule has 0 amide bonds. The molecule has 26 nitrogen and oxygen atoms in total. The molecule has 113 heavy (non-hydrogen) atoms. The van der Waals surface area contributed by atoms with Crippen LogP contribution in [0.15, 0.2) is 150 Å². The maximum Gasteiger partial charge on any atom is 0.421 e. The minimum Gasteiger partial charge on any atom is -0.495 e. The van der Waals surface area contributed by atoms with Crippen LogP contribution in [0.5, 0.6) is 17.2 Å². The second kappa shape index (κ2) is 34.6. The van der Waals surface area contributed by atoms with E-state index in [1.165, 1.54) is 95.7 Å². The number of nitrogens with zero attached hydrogens (tertiary/aromatic N) is 9. The van der Waals surface area contributed by atoms with Crippen molar-refractivity contribution in [3.63, 3.8) is 0 Å². The van der Waals surface area contributed by atoms with Gasteiger partial charge in [0, 0.05) is 85.1 Å². The van der Waals surface area contributed by atoms with E-state index in [-0.39, 0.29) is 44.7 Å². The minimum absolute atomic E-state index is 0.157. The molecule has 0 saturated carbocycles. The lowest BCUT2D eigenvalue weighted by Crippen LogP contribution is -2.52. The van der Waals surface area contributed by atoms with E-state index in [4.69, 9.17) is 37.4 Å². The van der Waals surface area contributed by atoms with Crippen molar-refractivity contribution in [1.82, 2.24) is 39.7 Å². The molecule has 12 rings (SSSR count). The maximum atomic E-state index is 13.8. The average Bonchev–Trinajstić information content (AvgIpc) is 1.55. The molecule has 3 aromatic heterocycles. The van der Waals surface area contributed by atoms with Gasteiger partial charge < -0.3 is 78.7 Å². The number of hydrogen-bond donors (Lipinski definition) is 8. The molecule has 3 aliphatic rings. The molecule has 0 atom stereocenters. The molecular formula is C77H97Cl2F3N15O11P3S2. The van der Waals surface area contributed by atoms with E-state index in [1.807, 2.05) is 24.3 Å². The van der Waals surface area contributed by atoms with Gasteiger partial charge in [-0.15, -0.1) is 0 Å². The molecule has 0 bridgehead atoms. The van der Waals surface area contributed by atoms with Gasteiger partial charge in [-0.25, -0.2) is 27.6 Å². The summed E-state index contributed by atoms with van der Waals surface area (Å²) in [6.07, 6.45) is 1.89. The van der Waals surface area contributed by atoms with Crippen molar-refractivity contribution in [3.8, 4) is 17.2 Å². The number of nitrogens with one attached hydrogen (secondary N) is 6. The quantitative estimate of drug-likeness (QED) is 0.0276. The standard InChI is InChI=1S/C32H43ClN7O2P.C23H28F3N4O5PS.C22H26ClN4O4PS/c1-32(2)20-23-27(40-14-12-22(13-15-40)39-18-16-38(3)17-19-39)11-10-26(29(23)42-32)36-31-34-21-24(33)30(37-31)35-25-8-6-7-9-28(25)43(4,5)41;1-14(2)37(32,33,34)20-9-7-6-8-18(20)28-21-16(23(24,25)26)13-27-22(30-21)29-17-11-10-15(36(4,5)31)12-19(17)35-3;1-14(2)33(29,30)20-9-7-6-8-18(20)25-21-16(23)13-24-22(27-21)26-17-11-10-15(32(4,5)28)12-19(17)31-3/h6-11,21-22H,12-20H2,1-5H3,(H2,34,35,36,37);6-14H,1-5H3,(H2,32,33,34)(H2,27,28,29,30);6-14H,1-5H3,(H2,24,25,26,27). The van der Waals surface area contributed by atoms with Crippen molar-refractivity contribution in [2.45, 2.75) is 98.9 Å². The summed E-state index contributed by atoms with van der Waals surface area (Å²) in [7, 11) is -11.4. The Bertz CT molecular complexity index is 5330. The zero-order chi connectivity index (χ0) is 82.6. The van der Waals surface area contributed by atoms with Gasteiger partial charge in [-0.2, -0.15) is 28.1 Å². The number of methoxy groups -OCH3 is 2. The fourth-order valence-corrected chi connectivity index (χ4v) is 18.5. The van der Waals surface area contributed by atoms with Gasteiger partial charge in [0.25, 0.3) is 0 Å². The molecule has 9 aromatic rings. The largest absolute Gasteiger partial charge is 0.495 e. The van der Waals surface area contributed by atoms with Crippen LogP contribution < -0.4 is 66.9 Å². The number of piperazine rings is 1. The van der Waals surface area contributed by atoms with E-state index in [2.05, 4.69) is 110 Å². The topological polar surface area (TPSA) is 330 Å². The fourth-order valence-electron chi connectivity index (χ4n) is 12.7. The number of benzene rings is 6. The Labute approximate surface area is 668 Å². The van der Waals surface area contributed by atoms with Gasteiger partial charge in [0.15, 0.2) is 21.5 Å². The molecule has 0 radical (unpaired) electrons. The van der Waals surface area contributed by atoms with Gasteiger partial charge in [-0.1, -0.05) is 59.6 Å². The summed E-state index contributed by atoms with van der Waals surface area (Å²) < 4.78 is 156. The van der Waals surface area contributed by atoms with Crippen LogP contribution in [0.25, 0.3) is 0 Å². The Morgan fingerprint density at radius 1 is 0.593 bits per heavy atom. The van der Waals surface area contributed by atoms with Crippen LogP contribution in [-0.4, -0.2) is 184 Å². The van der Waals surface area contributed by atoms with E-state index in [9.17, 15) is 48.6 Å². The zero-order valence-electron chi connectivity index (χ0n) is 65.5. The first-order chi connectivity index (χ1) is 52.8. The number of halogens is 5. The van der Waals surface area contributed by atoms with Gasteiger partial charge in [0.1, 0.15) is 75.3 Å². The summed E-state index contributed by atoms with van der Waals surface area (Å²) >= 11 is 12.8. The molecule has 2 fully saturated rings. The van der Waals surface area contributed by atoms with Crippen LogP contribution in [0.2, 0.25) is 10.0 Å². The SMILES string of the molecule is CN1CCN(C2CCN(c3ccc(Nc4ncc(Cl)c(Nc5ccccc5P(C)(C)=O)n4)c4c3CC(C)(C)O4)CC2)CC1.COc1cc(P(C)(C)=O)ccc1Nc1ncc(C(F)(F)F)c(Nc2ccccc2S(=O)(O)(O)C(C)C)n1.COc1cc(P(C)(C)=O)ccc1Nc1ncc(Cl)c(Nc2ccccc2S(=O)(=O)C(C)C)n1. The van der Waals surface area contributed by atoms with Crippen LogP contribution in [0.4, 0.5) is 88.3 Å². The second-order valence-electron chi connectivity index (χ2n) is 29.9. The Kier molecular flexibility index (Phi) is 26.6. The number of likely N-dealkylation sites (N-methyl/N-ethyl adjacent to an activating group) is 1. The van der Waals surface area contributed by atoms with Crippen molar-refractivity contribution in [2.24, 2.45) is 0 Å². The Balaban J connectivity index is 0.000000181. The molecule has 8 N–H and O–H groups in total. The number of para-hydroxylation sites is 3. The predicted octanol–water partition coefficient (Wildman–Crippen LogP) is 16.6. The number of alkyl halides is 3. The number of rotatable bonds is 23. The van der Waals surface area contributed by atoms with Gasteiger partial charge in [-0.05, 0) is 186 Å². The highest BCUT2D eigenvalue weighted by Gasteiger charge is 2.42. The van der Waals surface area contributed by atoms with Crippen LogP contribution in [0, 0.1) is 0 Å². The van der Waals surface area contributed by atoms with Crippen molar-refractivity contribution in [1.29, 1.82) is 0 Å². The molecule has 6 heterocycles. The van der Waals surface area contributed by atoms with Gasteiger partial charge in [0.05, 0.1) is 81.0 Å². The summed E-state index contributed by atoms with van der Waals surface area (Å²) in [5.41, 5.74) is 3.50. The summed E-state index contributed by atoms with van der Waals surface area (Å²) in [5.74, 6) is 1.95. The molecule has 36 heteroatoms. The Morgan fingerprint density at radius 3 is 1.56 bits per heavy atom. The average molecular weight is 1690 g/mol. The first kappa shape index (κ1) is 87.0. The molecule has 0 unspecified atom stereocenters. The van der Waals surface area contributed by atoms with Crippen molar-refractivity contribution in [3.05, 3.63) is 161 Å². The first-order valence-electron chi connectivity index (χ1n) is 36.2. The van der Waals surface area contributed by atoms with Crippen molar-refractivity contribution in [2.75, 3.05) is 137 Å². The van der Waals surface area contributed by atoms with Crippen LogP contribution >= 0.6 is 44.6 Å². The van der Waals surface area contributed by atoms with Crippen LogP contribution in [0.1, 0.15) is 65.5 Å². The normalized spacial score (nSPS) is 15.4.